The van der Waals surface area contributed by atoms with E-state index in [0.717, 1.165) is 15.0 Å². The highest BCUT2D eigenvalue weighted by Gasteiger charge is 2.11. The highest BCUT2D eigenvalue weighted by molar-refractivity contribution is 8.01. The van der Waals surface area contributed by atoms with Crippen molar-refractivity contribution in [2.45, 2.75) is 10.9 Å². The SMILES string of the molecule is N#Cc1ccsc1NC(=O)CSc1nnc(NCc2ccccc2)s1. The van der Waals surface area contributed by atoms with Crippen molar-refractivity contribution in [2.75, 3.05) is 16.4 Å². The van der Waals surface area contributed by atoms with E-state index >= 15 is 0 Å². The summed E-state index contributed by atoms with van der Waals surface area (Å²) in [6, 6.07) is 13.8. The lowest BCUT2D eigenvalue weighted by Gasteiger charge is -2.01. The molecule has 6 nitrogen and oxygen atoms in total. The van der Waals surface area contributed by atoms with Gasteiger partial charge < -0.3 is 10.6 Å². The van der Waals surface area contributed by atoms with Gasteiger partial charge in [0.25, 0.3) is 0 Å². The van der Waals surface area contributed by atoms with Gasteiger partial charge in [-0.25, -0.2) is 0 Å². The van der Waals surface area contributed by atoms with Crippen LogP contribution in [0.15, 0.2) is 46.1 Å². The van der Waals surface area contributed by atoms with Gasteiger partial charge >= 0.3 is 0 Å². The molecule has 0 spiro atoms. The van der Waals surface area contributed by atoms with E-state index in [1.54, 1.807) is 11.4 Å². The smallest absolute Gasteiger partial charge is 0.235 e. The summed E-state index contributed by atoms with van der Waals surface area (Å²) in [5, 5.41) is 26.1. The first-order chi connectivity index (χ1) is 12.2. The van der Waals surface area contributed by atoms with Crippen LogP contribution in [0.25, 0.3) is 0 Å². The number of anilines is 2. The van der Waals surface area contributed by atoms with Crippen LogP contribution in [-0.4, -0.2) is 21.9 Å². The third-order valence-electron chi connectivity index (χ3n) is 3.06. The fourth-order valence-electron chi connectivity index (χ4n) is 1.90. The lowest BCUT2D eigenvalue weighted by atomic mass is 10.2. The van der Waals surface area contributed by atoms with Crippen LogP contribution in [0.1, 0.15) is 11.1 Å². The first-order valence-electron chi connectivity index (χ1n) is 7.26. The molecule has 0 radical (unpaired) electrons. The predicted molar refractivity (Wildman–Crippen MR) is 102 cm³/mol. The van der Waals surface area contributed by atoms with E-state index in [0.29, 0.717) is 17.1 Å². The van der Waals surface area contributed by atoms with Crippen LogP contribution in [0.4, 0.5) is 10.1 Å². The Morgan fingerprint density at radius 2 is 2.08 bits per heavy atom. The van der Waals surface area contributed by atoms with Crippen molar-refractivity contribution < 1.29 is 4.79 Å². The molecule has 0 bridgehead atoms. The van der Waals surface area contributed by atoms with E-state index in [1.165, 1.54) is 34.4 Å². The number of aromatic nitrogens is 2. The number of benzene rings is 1. The van der Waals surface area contributed by atoms with Gasteiger partial charge in [-0.1, -0.05) is 53.4 Å². The standard InChI is InChI=1S/C16H13N5OS3/c17-8-12-6-7-23-14(12)19-13(22)10-24-16-21-20-15(25-16)18-9-11-4-2-1-3-5-11/h1-7H,9-10H2,(H,18,20)(H,19,22). The van der Waals surface area contributed by atoms with Gasteiger partial charge in [-0.15, -0.1) is 21.5 Å². The zero-order valence-corrected chi connectivity index (χ0v) is 15.4. The van der Waals surface area contributed by atoms with Crippen molar-refractivity contribution in [3.63, 3.8) is 0 Å². The quantitative estimate of drug-likeness (QED) is 0.599. The van der Waals surface area contributed by atoms with Crippen molar-refractivity contribution in [1.82, 2.24) is 10.2 Å². The maximum absolute atomic E-state index is 12.0. The van der Waals surface area contributed by atoms with Crippen LogP contribution >= 0.6 is 34.4 Å². The first-order valence-corrected chi connectivity index (χ1v) is 9.94. The van der Waals surface area contributed by atoms with Gasteiger partial charge in [-0.05, 0) is 17.0 Å². The minimum absolute atomic E-state index is 0.169. The van der Waals surface area contributed by atoms with Crippen molar-refractivity contribution in [3.8, 4) is 6.07 Å². The summed E-state index contributed by atoms with van der Waals surface area (Å²) in [4.78, 5) is 12.0. The van der Waals surface area contributed by atoms with Gasteiger partial charge in [-0.3, -0.25) is 4.79 Å². The number of thioether (sulfide) groups is 1. The Morgan fingerprint density at radius 3 is 2.88 bits per heavy atom. The maximum Gasteiger partial charge on any atom is 0.235 e. The van der Waals surface area contributed by atoms with E-state index in [2.05, 4.69) is 20.8 Å². The van der Waals surface area contributed by atoms with Gasteiger partial charge in [0.15, 0.2) is 4.34 Å². The molecule has 0 saturated heterocycles. The predicted octanol–water partition coefficient (Wildman–Crippen LogP) is 3.81. The summed E-state index contributed by atoms with van der Waals surface area (Å²) in [5.41, 5.74) is 1.64. The van der Waals surface area contributed by atoms with Crippen molar-refractivity contribution in [2.24, 2.45) is 0 Å². The molecule has 0 fully saturated rings. The lowest BCUT2D eigenvalue weighted by Crippen LogP contribution is -2.13. The van der Waals surface area contributed by atoms with Gasteiger partial charge in [0.2, 0.25) is 11.0 Å². The van der Waals surface area contributed by atoms with E-state index in [-0.39, 0.29) is 11.7 Å². The summed E-state index contributed by atoms with van der Waals surface area (Å²) in [6.07, 6.45) is 0. The summed E-state index contributed by atoms with van der Waals surface area (Å²) in [5.74, 6) is 0.0498. The van der Waals surface area contributed by atoms with Crippen LogP contribution in [0, 0.1) is 11.3 Å². The monoisotopic (exact) mass is 387 g/mol. The Hall–Kier alpha value is -2.41. The molecule has 0 unspecified atom stereocenters. The molecule has 3 rings (SSSR count). The number of nitrogens with one attached hydrogen (secondary N) is 2. The number of nitriles is 1. The number of amides is 1. The van der Waals surface area contributed by atoms with Gasteiger partial charge in [0.1, 0.15) is 11.1 Å². The minimum atomic E-state index is -0.169. The molecule has 0 aliphatic rings. The molecular weight excluding hydrogens is 374 g/mol. The highest BCUT2D eigenvalue weighted by Crippen LogP contribution is 2.27. The summed E-state index contributed by atoms with van der Waals surface area (Å²) in [7, 11) is 0. The first kappa shape index (κ1) is 17.4. The molecule has 0 aliphatic carbocycles. The number of hydrogen-bond donors (Lipinski definition) is 2. The van der Waals surface area contributed by atoms with Crippen LogP contribution in [-0.2, 0) is 11.3 Å². The van der Waals surface area contributed by atoms with E-state index in [1.807, 2.05) is 36.4 Å². The Kier molecular flexibility index (Phi) is 6.00. The summed E-state index contributed by atoms with van der Waals surface area (Å²) >= 11 is 4.06. The number of carbonyl (C=O) groups is 1. The third kappa shape index (κ3) is 5.03. The van der Waals surface area contributed by atoms with E-state index in [9.17, 15) is 4.79 Å². The molecule has 126 valence electrons. The molecule has 0 saturated carbocycles. The van der Waals surface area contributed by atoms with Gasteiger partial charge in [0, 0.05) is 6.54 Å². The van der Waals surface area contributed by atoms with Crippen LogP contribution in [0.3, 0.4) is 0 Å². The third-order valence-corrected chi connectivity index (χ3v) is 5.90. The fraction of sp³-hybridized carbons (Fsp3) is 0.125. The average Bonchev–Trinajstić information content (AvgIpc) is 3.28. The van der Waals surface area contributed by atoms with Gasteiger partial charge in [0.05, 0.1) is 11.3 Å². The largest absolute Gasteiger partial charge is 0.356 e. The molecule has 9 heteroatoms. The summed E-state index contributed by atoms with van der Waals surface area (Å²) in [6.45, 7) is 0.677. The molecule has 0 atom stereocenters. The number of hydrogen-bond acceptors (Lipinski definition) is 8. The Balaban J connectivity index is 1.47. The average molecular weight is 388 g/mol. The molecule has 0 aliphatic heterocycles. The Bertz CT molecular complexity index is 885. The van der Waals surface area contributed by atoms with Crippen molar-refractivity contribution in [1.29, 1.82) is 5.26 Å². The number of carbonyl (C=O) groups excluding carboxylic acids is 1. The second kappa shape index (κ2) is 8.62. The molecule has 2 aromatic heterocycles. The lowest BCUT2D eigenvalue weighted by molar-refractivity contribution is -0.113. The van der Waals surface area contributed by atoms with Gasteiger partial charge in [-0.2, -0.15) is 5.26 Å². The van der Waals surface area contributed by atoms with E-state index < -0.39 is 0 Å². The highest BCUT2D eigenvalue weighted by atomic mass is 32.2. The summed E-state index contributed by atoms with van der Waals surface area (Å²) < 4.78 is 0.720. The van der Waals surface area contributed by atoms with Crippen LogP contribution in [0.5, 0.6) is 0 Å². The molecule has 25 heavy (non-hydrogen) atoms. The Morgan fingerprint density at radius 1 is 1.24 bits per heavy atom. The molecule has 1 amide bonds. The molecule has 2 heterocycles. The molecule has 2 N–H and O–H groups in total. The second-order valence-corrected chi connectivity index (χ2v) is 7.94. The van der Waals surface area contributed by atoms with Crippen LogP contribution in [0.2, 0.25) is 0 Å². The van der Waals surface area contributed by atoms with E-state index in [4.69, 9.17) is 5.26 Å². The molecule has 1 aromatic carbocycles. The number of thiophene rings is 1. The minimum Gasteiger partial charge on any atom is -0.356 e. The Labute approximate surface area is 156 Å². The van der Waals surface area contributed by atoms with Crippen molar-refractivity contribution in [3.05, 3.63) is 52.9 Å². The fourth-order valence-corrected chi connectivity index (χ4v) is 4.20. The molecular formula is C16H13N5OS3. The zero-order valence-electron chi connectivity index (χ0n) is 12.9. The molecule has 3 aromatic rings. The van der Waals surface area contributed by atoms with Crippen LogP contribution < -0.4 is 10.6 Å². The van der Waals surface area contributed by atoms with Crippen molar-refractivity contribution >= 4 is 50.5 Å². The zero-order chi connectivity index (χ0) is 17.5. The second-order valence-electron chi connectivity index (χ2n) is 4.82. The maximum atomic E-state index is 12.0. The normalized spacial score (nSPS) is 10.2. The number of rotatable bonds is 7. The number of nitrogens with zero attached hydrogens (tertiary/aromatic N) is 3. The topological polar surface area (TPSA) is 90.7 Å².